The Morgan fingerprint density at radius 2 is 1.60 bits per heavy atom. The molecule has 152 valence electrons. The van der Waals surface area contributed by atoms with Crippen LogP contribution in [0.4, 0.5) is 11.4 Å². The van der Waals surface area contributed by atoms with Gasteiger partial charge in [0.2, 0.25) is 5.91 Å². The smallest absolute Gasteiger partial charge is 0.271 e. The lowest BCUT2D eigenvalue weighted by molar-refractivity contribution is -0.384. The van der Waals surface area contributed by atoms with Gasteiger partial charge in [0, 0.05) is 17.7 Å². The molecule has 3 aromatic carbocycles. The Morgan fingerprint density at radius 3 is 2.23 bits per heavy atom. The molecule has 7 heteroatoms. The average molecular weight is 403 g/mol. The molecule has 2 N–H and O–H groups in total. The molecule has 0 fully saturated rings. The lowest BCUT2D eigenvalue weighted by atomic mass is 10.0. The fourth-order valence-corrected chi connectivity index (χ4v) is 3.01. The summed E-state index contributed by atoms with van der Waals surface area (Å²) in [5.41, 5.74) is 2.25. The van der Waals surface area contributed by atoms with E-state index >= 15 is 0 Å². The minimum absolute atomic E-state index is 0.0231. The first-order chi connectivity index (χ1) is 14.4. The number of nitro benzene ring substituents is 1. The number of hydrogen-bond donors (Lipinski definition) is 2. The highest BCUT2D eigenvalue weighted by atomic mass is 16.6. The minimum Gasteiger partial charge on any atom is -0.345 e. The van der Waals surface area contributed by atoms with E-state index < -0.39 is 11.0 Å². The van der Waals surface area contributed by atoms with Gasteiger partial charge < -0.3 is 10.6 Å². The number of anilines is 1. The summed E-state index contributed by atoms with van der Waals surface area (Å²) in [7, 11) is 0. The molecule has 0 aromatic heterocycles. The molecule has 0 aliphatic heterocycles. The third-order valence-electron chi connectivity index (χ3n) is 4.64. The lowest BCUT2D eigenvalue weighted by Crippen LogP contribution is -2.31. The molecule has 0 unspecified atom stereocenters. The van der Waals surface area contributed by atoms with Crippen LogP contribution in [0.25, 0.3) is 0 Å². The van der Waals surface area contributed by atoms with Crippen LogP contribution >= 0.6 is 0 Å². The molecule has 0 radical (unpaired) electrons. The largest absolute Gasteiger partial charge is 0.345 e. The first-order valence-electron chi connectivity index (χ1n) is 9.40. The molecule has 7 nitrogen and oxygen atoms in total. The van der Waals surface area contributed by atoms with Crippen molar-refractivity contribution in [2.45, 2.75) is 19.4 Å². The van der Waals surface area contributed by atoms with E-state index in [-0.39, 0.29) is 23.9 Å². The Morgan fingerprint density at radius 1 is 0.967 bits per heavy atom. The van der Waals surface area contributed by atoms with Gasteiger partial charge in [-0.05, 0) is 30.2 Å². The highest BCUT2D eigenvalue weighted by Gasteiger charge is 2.20. The molecule has 0 saturated carbocycles. The number of nitrogens with one attached hydrogen (secondary N) is 2. The van der Waals surface area contributed by atoms with Crippen LogP contribution in [0.5, 0.6) is 0 Å². The summed E-state index contributed by atoms with van der Waals surface area (Å²) in [5, 5.41) is 16.6. The number of benzene rings is 3. The molecule has 0 spiro atoms. The molecular formula is C23H21N3O4. The molecule has 1 atom stereocenters. The average Bonchev–Trinajstić information content (AvgIpc) is 2.76. The van der Waals surface area contributed by atoms with E-state index in [1.54, 1.807) is 37.3 Å². The first-order valence-corrected chi connectivity index (χ1v) is 9.40. The van der Waals surface area contributed by atoms with Crippen LogP contribution in [0.15, 0.2) is 78.9 Å². The summed E-state index contributed by atoms with van der Waals surface area (Å²) in [6.07, 6.45) is -0.0231. The van der Waals surface area contributed by atoms with Crippen molar-refractivity contribution >= 4 is 23.2 Å². The maximum Gasteiger partial charge on any atom is 0.271 e. The van der Waals surface area contributed by atoms with Crippen molar-refractivity contribution in [1.82, 2.24) is 5.32 Å². The van der Waals surface area contributed by atoms with Crippen molar-refractivity contribution in [2.75, 3.05) is 5.32 Å². The van der Waals surface area contributed by atoms with Crippen molar-refractivity contribution in [3.05, 3.63) is 106 Å². The van der Waals surface area contributed by atoms with Gasteiger partial charge >= 0.3 is 0 Å². The third kappa shape index (κ3) is 5.29. The van der Waals surface area contributed by atoms with Gasteiger partial charge in [-0.2, -0.15) is 0 Å². The number of aryl methyl sites for hydroxylation is 1. The Bertz CT molecular complexity index is 1050. The monoisotopic (exact) mass is 403 g/mol. The van der Waals surface area contributed by atoms with Crippen LogP contribution in [0.2, 0.25) is 0 Å². The van der Waals surface area contributed by atoms with E-state index in [4.69, 9.17) is 0 Å². The highest BCUT2D eigenvalue weighted by molar-refractivity contribution is 5.96. The van der Waals surface area contributed by atoms with Gasteiger partial charge in [0.05, 0.1) is 23.1 Å². The van der Waals surface area contributed by atoms with Crippen molar-refractivity contribution in [1.29, 1.82) is 0 Å². The number of carbonyl (C=O) groups is 2. The van der Waals surface area contributed by atoms with Crippen LogP contribution in [0.3, 0.4) is 0 Å². The second-order valence-electron chi connectivity index (χ2n) is 6.81. The number of non-ortho nitro benzene ring substituents is 1. The van der Waals surface area contributed by atoms with Crippen molar-refractivity contribution in [3.63, 3.8) is 0 Å². The summed E-state index contributed by atoms with van der Waals surface area (Å²) in [4.78, 5) is 35.8. The topological polar surface area (TPSA) is 101 Å². The lowest BCUT2D eigenvalue weighted by Gasteiger charge is -2.19. The van der Waals surface area contributed by atoms with E-state index in [1.165, 1.54) is 12.1 Å². The number of nitro groups is 1. The van der Waals surface area contributed by atoms with E-state index in [1.807, 2.05) is 36.4 Å². The molecule has 0 aliphatic rings. The molecule has 3 rings (SSSR count). The summed E-state index contributed by atoms with van der Waals surface area (Å²) in [5.74, 6) is -0.649. The highest BCUT2D eigenvalue weighted by Crippen LogP contribution is 2.24. The van der Waals surface area contributed by atoms with Gasteiger partial charge in [-0.3, -0.25) is 19.7 Å². The van der Waals surface area contributed by atoms with Crippen LogP contribution in [-0.2, 0) is 4.79 Å². The van der Waals surface area contributed by atoms with Crippen LogP contribution in [0.1, 0.15) is 33.9 Å². The molecule has 30 heavy (non-hydrogen) atoms. The van der Waals surface area contributed by atoms with Crippen molar-refractivity contribution in [2.24, 2.45) is 0 Å². The Kier molecular flexibility index (Phi) is 6.54. The molecule has 2 amide bonds. The van der Waals surface area contributed by atoms with Gasteiger partial charge in [-0.15, -0.1) is 0 Å². The number of hydrogen-bond acceptors (Lipinski definition) is 4. The zero-order valence-corrected chi connectivity index (χ0v) is 16.4. The zero-order chi connectivity index (χ0) is 21.5. The molecule has 3 aromatic rings. The maximum absolute atomic E-state index is 12.7. The summed E-state index contributed by atoms with van der Waals surface area (Å²) < 4.78 is 0. The normalized spacial score (nSPS) is 11.4. The van der Waals surface area contributed by atoms with Crippen molar-refractivity contribution < 1.29 is 14.5 Å². The minimum atomic E-state index is -0.557. The SMILES string of the molecule is Cc1ccc([N+](=O)[O-])cc1NC(=O)C[C@@H](NC(=O)c1ccccc1)c1ccccc1. The quantitative estimate of drug-likeness (QED) is 0.451. The Balaban J connectivity index is 1.78. The fraction of sp³-hybridized carbons (Fsp3) is 0.130. The number of amides is 2. The van der Waals surface area contributed by atoms with Gasteiger partial charge in [0.15, 0.2) is 0 Å². The van der Waals surface area contributed by atoms with Crippen LogP contribution in [-0.4, -0.2) is 16.7 Å². The second-order valence-corrected chi connectivity index (χ2v) is 6.81. The number of carbonyl (C=O) groups excluding carboxylic acids is 2. The van der Waals surface area contributed by atoms with E-state index in [2.05, 4.69) is 10.6 Å². The molecule has 0 bridgehead atoms. The summed E-state index contributed by atoms with van der Waals surface area (Å²) in [6, 6.07) is 21.7. The molecule has 0 saturated heterocycles. The Hall–Kier alpha value is -4.00. The third-order valence-corrected chi connectivity index (χ3v) is 4.64. The predicted octanol–water partition coefficient (Wildman–Crippen LogP) is 4.40. The predicted molar refractivity (Wildman–Crippen MR) is 114 cm³/mol. The first kappa shape index (κ1) is 20.7. The van der Waals surface area contributed by atoms with Gasteiger partial charge in [-0.1, -0.05) is 54.6 Å². The van der Waals surface area contributed by atoms with Crippen molar-refractivity contribution in [3.8, 4) is 0 Å². The Labute approximate surface area is 173 Å². The van der Waals surface area contributed by atoms with Gasteiger partial charge in [0.25, 0.3) is 11.6 Å². The van der Waals surface area contributed by atoms with Gasteiger partial charge in [0.1, 0.15) is 0 Å². The molecule has 0 aliphatic carbocycles. The number of nitrogens with zero attached hydrogens (tertiary/aromatic N) is 1. The van der Waals surface area contributed by atoms with Crippen LogP contribution < -0.4 is 10.6 Å². The standard InChI is InChI=1S/C23H21N3O4/c1-16-12-13-19(26(29)30)14-20(16)24-22(27)15-21(17-8-4-2-5-9-17)25-23(28)18-10-6-3-7-11-18/h2-14,21H,15H2,1H3,(H,24,27)(H,25,28)/t21-/m1/s1. The fourth-order valence-electron chi connectivity index (χ4n) is 3.01. The summed E-state index contributed by atoms with van der Waals surface area (Å²) in [6.45, 7) is 1.76. The summed E-state index contributed by atoms with van der Waals surface area (Å²) >= 11 is 0. The van der Waals surface area contributed by atoms with E-state index in [0.29, 0.717) is 16.8 Å². The molecular weight excluding hydrogens is 382 g/mol. The molecule has 0 heterocycles. The van der Waals surface area contributed by atoms with Crippen LogP contribution in [0, 0.1) is 17.0 Å². The van der Waals surface area contributed by atoms with E-state index in [9.17, 15) is 19.7 Å². The van der Waals surface area contributed by atoms with Gasteiger partial charge in [-0.25, -0.2) is 0 Å². The zero-order valence-electron chi connectivity index (χ0n) is 16.4. The maximum atomic E-state index is 12.7. The van der Waals surface area contributed by atoms with E-state index in [0.717, 1.165) is 5.56 Å². The number of rotatable bonds is 7. The second kappa shape index (κ2) is 9.47.